The number of aliphatic hydroxyl groups excluding tert-OH is 1. The maximum absolute atomic E-state index is 13.4. The lowest BCUT2D eigenvalue weighted by atomic mass is 9.94. The maximum Gasteiger partial charge on any atom is 0.255 e. The smallest absolute Gasteiger partial charge is 0.255 e. The second-order valence-electron chi connectivity index (χ2n) is 7.67. The zero-order chi connectivity index (χ0) is 19.9. The van der Waals surface area contributed by atoms with E-state index in [0.29, 0.717) is 22.7 Å². The molecule has 150 valence electrons. The summed E-state index contributed by atoms with van der Waals surface area (Å²) in [5, 5.41) is 11.9. The highest BCUT2D eigenvalue weighted by molar-refractivity contribution is 6.04. The quantitative estimate of drug-likeness (QED) is 0.758. The summed E-state index contributed by atoms with van der Waals surface area (Å²) in [6.45, 7) is 5.10. The number of nitrogens with one attached hydrogen (secondary N) is 1. The second-order valence-corrected chi connectivity index (χ2v) is 7.67. The van der Waals surface area contributed by atoms with Crippen molar-refractivity contribution in [2.75, 3.05) is 31.6 Å². The zero-order valence-corrected chi connectivity index (χ0v) is 16.5. The van der Waals surface area contributed by atoms with Gasteiger partial charge in [-0.1, -0.05) is 12.1 Å². The number of rotatable bonds is 7. The number of aryl methyl sites for hydroxylation is 1. The molecule has 0 spiro atoms. The minimum Gasteiger partial charge on any atom is -0.396 e. The Hall–Kier alpha value is -2.24. The van der Waals surface area contributed by atoms with E-state index in [9.17, 15) is 9.18 Å². The third-order valence-electron chi connectivity index (χ3n) is 5.57. The van der Waals surface area contributed by atoms with Crippen molar-refractivity contribution in [1.29, 1.82) is 0 Å². The van der Waals surface area contributed by atoms with Crippen molar-refractivity contribution in [3.8, 4) is 0 Å². The summed E-state index contributed by atoms with van der Waals surface area (Å²) in [4.78, 5) is 15.0. The lowest BCUT2D eigenvalue weighted by Crippen LogP contribution is -2.35. The van der Waals surface area contributed by atoms with Crippen molar-refractivity contribution >= 4 is 11.6 Å². The van der Waals surface area contributed by atoms with Crippen LogP contribution in [0.3, 0.4) is 0 Å². The molecule has 0 radical (unpaired) electrons. The fourth-order valence-electron chi connectivity index (χ4n) is 3.76. The Morgan fingerprint density at radius 3 is 2.71 bits per heavy atom. The van der Waals surface area contributed by atoms with Crippen LogP contribution >= 0.6 is 0 Å². The van der Waals surface area contributed by atoms with Crippen molar-refractivity contribution in [1.82, 2.24) is 4.90 Å². The summed E-state index contributed by atoms with van der Waals surface area (Å²) in [6.07, 6.45) is 4.13. The number of carbonyl (C=O) groups excluding carboxylic acids is 1. The minimum absolute atomic E-state index is 0.183. The Morgan fingerprint density at radius 1 is 1.21 bits per heavy atom. The first-order valence-corrected chi connectivity index (χ1v) is 10.0. The standard InChI is InChI=1S/C23H29FN2O2/c1-17-15-21(5-6-22(17)24)25-23(28)20-4-2-3-19(16-20)9-13-26-11-7-18(8-12-26)10-14-27/h2-6,15-16,18,27H,7-14H2,1H3,(H,25,28). The molecule has 2 aromatic rings. The Bertz CT molecular complexity index is 801. The van der Waals surface area contributed by atoms with Gasteiger partial charge >= 0.3 is 0 Å². The molecule has 1 heterocycles. The molecule has 2 N–H and O–H groups in total. The highest BCUT2D eigenvalue weighted by atomic mass is 19.1. The number of carbonyl (C=O) groups is 1. The molecule has 1 saturated heterocycles. The molecule has 0 aromatic heterocycles. The van der Waals surface area contributed by atoms with Crippen molar-refractivity contribution in [2.45, 2.75) is 32.6 Å². The normalized spacial score (nSPS) is 15.5. The number of benzene rings is 2. The molecule has 5 heteroatoms. The van der Waals surface area contributed by atoms with Gasteiger partial charge in [0.2, 0.25) is 0 Å². The monoisotopic (exact) mass is 384 g/mol. The van der Waals surface area contributed by atoms with Crippen LogP contribution in [0.1, 0.15) is 40.7 Å². The molecule has 1 fully saturated rings. The van der Waals surface area contributed by atoms with E-state index in [1.807, 2.05) is 12.1 Å². The maximum atomic E-state index is 13.4. The number of nitrogens with zero attached hydrogens (tertiary/aromatic N) is 1. The van der Waals surface area contributed by atoms with Crippen LogP contribution in [-0.4, -0.2) is 42.2 Å². The average Bonchev–Trinajstić information content (AvgIpc) is 2.71. The lowest BCUT2D eigenvalue weighted by Gasteiger charge is -2.31. The van der Waals surface area contributed by atoms with Gasteiger partial charge in [0.25, 0.3) is 5.91 Å². The minimum atomic E-state index is -0.277. The van der Waals surface area contributed by atoms with Crippen LogP contribution in [-0.2, 0) is 6.42 Å². The molecule has 4 nitrogen and oxygen atoms in total. The van der Waals surface area contributed by atoms with Gasteiger partial charge < -0.3 is 15.3 Å². The molecule has 0 bridgehead atoms. The summed E-state index contributed by atoms with van der Waals surface area (Å²) in [5.74, 6) is 0.196. The summed E-state index contributed by atoms with van der Waals surface area (Å²) < 4.78 is 13.4. The van der Waals surface area contributed by atoms with Crippen LogP contribution in [0.25, 0.3) is 0 Å². The molecule has 0 aliphatic carbocycles. The molecule has 3 rings (SSSR count). The van der Waals surface area contributed by atoms with Gasteiger partial charge in [-0.3, -0.25) is 4.79 Å². The van der Waals surface area contributed by atoms with Gasteiger partial charge in [-0.25, -0.2) is 4.39 Å². The first-order valence-electron chi connectivity index (χ1n) is 10.0. The number of aliphatic hydroxyl groups is 1. The summed E-state index contributed by atoms with van der Waals surface area (Å²) in [6, 6.07) is 12.3. The lowest BCUT2D eigenvalue weighted by molar-refractivity contribution is 0.102. The van der Waals surface area contributed by atoms with E-state index >= 15 is 0 Å². The second kappa shape index (κ2) is 9.80. The third kappa shape index (κ3) is 5.63. The number of anilines is 1. The Kier molecular flexibility index (Phi) is 7.18. The first kappa shape index (κ1) is 20.5. The number of halogens is 1. The Morgan fingerprint density at radius 2 is 2.00 bits per heavy atom. The molecule has 1 aliphatic heterocycles. The molecule has 1 amide bonds. The van der Waals surface area contributed by atoms with E-state index in [1.165, 1.54) is 6.07 Å². The fourth-order valence-corrected chi connectivity index (χ4v) is 3.76. The average molecular weight is 384 g/mol. The molecule has 0 atom stereocenters. The number of piperidine rings is 1. The Labute approximate surface area is 166 Å². The van der Waals surface area contributed by atoms with E-state index in [1.54, 1.807) is 25.1 Å². The topological polar surface area (TPSA) is 52.6 Å². The van der Waals surface area contributed by atoms with Gasteiger partial charge in [0, 0.05) is 24.4 Å². The van der Waals surface area contributed by atoms with Crippen LogP contribution in [0, 0.1) is 18.7 Å². The molecule has 2 aromatic carbocycles. The number of amides is 1. The van der Waals surface area contributed by atoms with Crippen molar-refractivity contribution in [3.63, 3.8) is 0 Å². The highest BCUT2D eigenvalue weighted by Crippen LogP contribution is 2.20. The van der Waals surface area contributed by atoms with Gasteiger partial charge in [0.15, 0.2) is 0 Å². The number of hydrogen-bond acceptors (Lipinski definition) is 3. The van der Waals surface area contributed by atoms with Crippen LogP contribution < -0.4 is 5.32 Å². The van der Waals surface area contributed by atoms with E-state index in [-0.39, 0.29) is 18.3 Å². The Balaban J connectivity index is 1.53. The van der Waals surface area contributed by atoms with Crippen LogP contribution in [0.4, 0.5) is 10.1 Å². The van der Waals surface area contributed by atoms with E-state index in [0.717, 1.165) is 50.9 Å². The largest absolute Gasteiger partial charge is 0.396 e. The predicted octanol–water partition coefficient (Wildman–Crippen LogP) is 4.02. The van der Waals surface area contributed by atoms with Crippen molar-refractivity contribution < 1.29 is 14.3 Å². The van der Waals surface area contributed by atoms with Gasteiger partial charge in [-0.2, -0.15) is 0 Å². The van der Waals surface area contributed by atoms with Gasteiger partial charge in [0.1, 0.15) is 5.82 Å². The number of hydrogen-bond donors (Lipinski definition) is 2. The van der Waals surface area contributed by atoms with Gasteiger partial charge in [-0.05, 0) is 93.1 Å². The zero-order valence-electron chi connectivity index (χ0n) is 16.5. The SMILES string of the molecule is Cc1cc(NC(=O)c2cccc(CCN3CCC(CCO)CC3)c2)ccc1F. The van der Waals surface area contributed by atoms with E-state index < -0.39 is 0 Å². The van der Waals surface area contributed by atoms with E-state index in [2.05, 4.69) is 16.3 Å². The summed E-state index contributed by atoms with van der Waals surface area (Å²) >= 11 is 0. The molecule has 1 aliphatic rings. The first-order chi connectivity index (χ1) is 13.5. The van der Waals surface area contributed by atoms with Crippen molar-refractivity contribution in [2.24, 2.45) is 5.92 Å². The van der Waals surface area contributed by atoms with Crippen LogP contribution in [0.15, 0.2) is 42.5 Å². The number of likely N-dealkylation sites (tertiary alicyclic amines) is 1. The van der Waals surface area contributed by atoms with Gasteiger partial charge in [-0.15, -0.1) is 0 Å². The predicted molar refractivity (Wildman–Crippen MR) is 110 cm³/mol. The molecule has 28 heavy (non-hydrogen) atoms. The third-order valence-corrected chi connectivity index (χ3v) is 5.57. The highest BCUT2D eigenvalue weighted by Gasteiger charge is 2.18. The summed E-state index contributed by atoms with van der Waals surface area (Å²) in [7, 11) is 0. The summed E-state index contributed by atoms with van der Waals surface area (Å²) in [5.41, 5.74) is 2.86. The molecule has 0 unspecified atom stereocenters. The van der Waals surface area contributed by atoms with Crippen LogP contribution in [0.2, 0.25) is 0 Å². The molecular formula is C23H29FN2O2. The van der Waals surface area contributed by atoms with Crippen LogP contribution in [0.5, 0.6) is 0 Å². The molecule has 0 saturated carbocycles. The molecular weight excluding hydrogens is 355 g/mol. The van der Waals surface area contributed by atoms with Crippen molar-refractivity contribution in [3.05, 3.63) is 65.0 Å². The van der Waals surface area contributed by atoms with Gasteiger partial charge in [0.05, 0.1) is 0 Å². The fraction of sp³-hybridized carbons (Fsp3) is 0.435. The van der Waals surface area contributed by atoms with E-state index in [4.69, 9.17) is 5.11 Å².